The van der Waals surface area contributed by atoms with E-state index in [0.717, 1.165) is 22.0 Å². The third-order valence-electron chi connectivity index (χ3n) is 3.77. The van der Waals surface area contributed by atoms with Crippen LogP contribution in [0, 0.1) is 0 Å². The summed E-state index contributed by atoms with van der Waals surface area (Å²) in [5.74, 6) is -3.92. The van der Waals surface area contributed by atoms with Gasteiger partial charge in [-0.1, -0.05) is 18.2 Å². The van der Waals surface area contributed by atoms with Gasteiger partial charge in [-0.2, -0.15) is 0 Å². The molecule has 0 unspecified atom stereocenters. The first-order valence-corrected chi connectivity index (χ1v) is 8.88. The number of hydrogen-bond donors (Lipinski definition) is 4. The van der Waals surface area contributed by atoms with E-state index in [1.54, 1.807) is 6.26 Å². The molecule has 1 aliphatic heterocycles. The quantitative estimate of drug-likeness (QED) is 0.380. The first kappa shape index (κ1) is 24.6. The maximum Gasteiger partial charge on any atom is 0.317 e. The van der Waals surface area contributed by atoms with Crippen LogP contribution in [0.4, 0.5) is 0 Å². The molecule has 1 aromatic carbocycles. The Morgan fingerprint density at radius 1 is 0.767 bits per heavy atom. The summed E-state index contributed by atoms with van der Waals surface area (Å²) in [7, 11) is 0. The number of benzene rings is 1. The molecule has 0 radical (unpaired) electrons. The second kappa shape index (κ2) is 12.9. The summed E-state index contributed by atoms with van der Waals surface area (Å²) < 4.78 is 5.24. The van der Waals surface area contributed by atoms with Crippen molar-refractivity contribution in [1.29, 1.82) is 0 Å². The van der Waals surface area contributed by atoms with Crippen molar-refractivity contribution in [2.75, 3.05) is 39.3 Å². The number of allylic oxidation sites excluding steroid dienone is 1. The van der Waals surface area contributed by atoms with Gasteiger partial charge in [0, 0.05) is 13.1 Å². The van der Waals surface area contributed by atoms with E-state index in [1.165, 1.54) is 5.56 Å². The Labute approximate surface area is 172 Å². The van der Waals surface area contributed by atoms with Crippen LogP contribution in [0.5, 0.6) is 5.75 Å². The Morgan fingerprint density at radius 3 is 1.60 bits per heavy atom. The molecule has 0 aromatic heterocycles. The fourth-order valence-corrected chi connectivity index (χ4v) is 2.56. The fourth-order valence-electron chi connectivity index (χ4n) is 2.56. The first-order valence-electron chi connectivity index (χ1n) is 8.88. The average Bonchev–Trinajstić information content (AvgIpc) is 2.65. The number of nitrogens with zero attached hydrogens (tertiary/aromatic N) is 2. The van der Waals surface area contributed by atoms with Gasteiger partial charge in [0.2, 0.25) is 0 Å². The second-order valence-electron chi connectivity index (χ2n) is 6.30. The maximum absolute atomic E-state index is 10.6. The molecule has 0 aliphatic carbocycles. The molecule has 2 rings (SSSR count). The van der Waals surface area contributed by atoms with Crippen LogP contribution < -0.4 is 4.74 Å². The molecule has 4 N–H and O–H groups in total. The van der Waals surface area contributed by atoms with E-state index in [9.17, 15) is 19.2 Å². The Kier molecular flexibility index (Phi) is 10.6. The number of fused-ring (bicyclic) bond motifs is 1. The summed E-state index contributed by atoms with van der Waals surface area (Å²) in [5.41, 5.74) is 1.27. The smallest absolute Gasteiger partial charge is 0.317 e. The Bertz CT molecular complexity index is 684. The molecular formula is C19H24N2O9. The van der Waals surface area contributed by atoms with Gasteiger partial charge in [-0.25, -0.2) is 0 Å². The summed E-state index contributed by atoms with van der Waals surface area (Å²) in [4.78, 5) is 44.4. The highest BCUT2D eigenvalue weighted by Crippen LogP contribution is 2.21. The predicted molar refractivity (Wildman–Crippen MR) is 103 cm³/mol. The number of para-hydroxylation sites is 1. The molecule has 30 heavy (non-hydrogen) atoms. The number of carboxylic acids is 4. The van der Waals surface area contributed by atoms with Gasteiger partial charge in [0.15, 0.2) is 0 Å². The van der Waals surface area contributed by atoms with Crippen molar-refractivity contribution in [2.24, 2.45) is 0 Å². The van der Waals surface area contributed by atoms with Crippen LogP contribution in [0.25, 0.3) is 0 Å². The van der Waals surface area contributed by atoms with Crippen LogP contribution in [0.3, 0.4) is 0 Å². The Hall–Kier alpha value is -3.44. The molecule has 0 fully saturated rings. The van der Waals surface area contributed by atoms with E-state index in [1.807, 2.05) is 24.3 Å². The third kappa shape index (κ3) is 10.8. The van der Waals surface area contributed by atoms with Gasteiger partial charge in [-0.05, 0) is 24.1 Å². The van der Waals surface area contributed by atoms with Crippen LogP contribution in [0.2, 0.25) is 0 Å². The van der Waals surface area contributed by atoms with Gasteiger partial charge >= 0.3 is 23.9 Å². The lowest BCUT2D eigenvalue weighted by Crippen LogP contribution is -2.43. The standard InChI is InChI=1S/C10H16N2O8.C9H8O/c13-7(14)3-11(4-8(15)16)1-2-12(5-9(17)18)6-10(19)20;1-2-6-9-8(4-1)5-3-7-10-9/h1-6H2,(H,13,14)(H,15,16)(H,17,18)(H,19,20);1-4,6-7H,5H2. The topological polar surface area (TPSA) is 165 Å². The normalized spacial score (nSPS) is 11.8. The number of carbonyl (C=O) groups is 4. The van der Waals surface area contributed by atoms with Gasteiger partial charge in [-0.15, -0.1) is 0 Å². The molecule has 164 valence electrons. The molecule has 1 aromatic rings. The van der Waals surface area contributed by atoms with Crippen molar-refractivity contribution in [1.82, 2.24) is 9.80 Å². The molecule has 0 saturated heterocycles. The summed E-state index contributed by atoms with van der Waals surface area (Å²) in [6.07, 6.45) is 4.75. The summed E-state index contributed by atoms with van der Waals surface area (Å²) in [6, 6.07) is 8.08. The molecule has 0 bridgehead atoms. The highest BCUT2D eigenvalue weighted by molar-refractivity contribution is 5.73. The van der Waals surface area contributed by atoms with Crippen LogP contribution in [0.15, 0.2) is 36.6 Å². The van der Waals surface area contributed by atoms with Crippen molar-refractivity contribution in [2.45, 2.75) is 6.42 Å². The van der Waals surface area contributed by atoms with Crippen molar-refractivity contribution >= 4 is 23.9 Å². The monoisotopic (exact) mass is 424 g/mol. The van der Waals surface area contributed by atoms with Gasteiger partial charge in [0.05, 0.1) is 32.4 Å². The lowest BCUT2D eigenvalue weighted by molar-refractivity contribution is -0.145. The SMILES string of the molecule is C1=COc2ccccc2C1.O=C(O)CN(CCN(CC(=O)O)CC(=O)O)CC(=O)O. The van der Waals surface area contributed by atoms with Gasteiger partial charge in [0.25, 0.3) is 0 Å². The largest absolute Gasteiger partial charge is 0.480 e. The van der Waals surface area contributed by atoms with Crippen LogP contribution >= 0.6 is 0 Å². The van der Waals surface area contributed by atoms with E-state index >= 15 is 0 Å². The highest BCUT2D eigenvalue weighted by atomic mass is 16.5. The van der Waals surface area contributed by atoms with E-state index in [2.05, 4.69) is 6.07 Å². The molecule has 0 atom stereocenters. The Balaban J connectivity index is 0.000000367. The number of aliphatic carboxylic acids is 4. The zero-order chi connectivity index (χ0) is 22.5. The second-order valence-corrected chi connectivity index (χ2v) is 6.30. The van der Waals surface area contributed by atoms with Crippen LogP contribution in [-0.4, -0.2) is 93.4 Å². The number of rotatable bonds is 11. The average molecular weight is 424 g/mol. The molecule has 0 spiro atoms. The molecular weight excluding hydrogens is 400 g/mol. The zero-order valence-corrected chi connectivity index (χ0v) is 16.1. The number of carboxylic acid groups (broad SMARTS) is 4. The summed E-state index contributed by atoms with van der Waals surface area (Å²) >= 11 is 0. The molecule has 11 heteroatoms. The van der Waals surface area contributed by atoms with Crippen molar-refractivity contribution < 1.29 is 44.3 Å². The Morgan fingerprint density at radius 2 is 1.20 bits per heavy atom. The minimum atomic E-state index is -1.23. The first-order chi connectivity index (χ1) is 14.2. The summed E-state index contributed by atoms with van der Waals surface area (Å²) in [5, 5.41) is 34.5. The van der Waals surface area contributed by atoms with Crippen molar-refractivity contribution in [3.63, 3.8) is 0 Å². The molecule has 11 nitrogen and oxygen atoms in total. The van der Waals surface area contributed by atoms with E-state index < -0.39 is 50.1 Å². The van der Waals surface area contributed by atoms with Gasteiger partial charge in [-0.3, -0.25) is 29.0 Å². The van der Waals surface area contributed by atoms with E-state index in [-0.39, 0.29) is 13.1 Å². The zero-order valence-electron chi connectivity index (χ0n) is 16.1. The maximum atomic E-state index is 10.6. The van der Waals surface area contributed by atoms with E-state index in [0.29, 0.717) is 0 Å². The molecule has 0 saturated carbocycles. The molecule has 1 heterocycles. The lowest BCUT2D eigenvalue weighted by atomic mass is 10.1. The highest BCUT2D eigenvalue weighted by Gasteiger charge is 2.18. The minimum Gasteiger partial charge on any atom is -0.480 e. The lowest BCUT2D eigenvalue weighted by Gasteiger charge is -2.23. The van der Waals surface area contributed by atoms with E-state index in [4.69, 9.17) is 25.2 Å². The number of hydrogen-bond acceptors (Lipinski definition) is 7. The third-order valence-corrected chi connectivity index (χ3v) is 3.77. The van der Waals surface area contributed by atoms with Gasteiger partial charge in [0.1, 0.15) is 5.75 Å². The van der Waals surface area contributed by atoms with Crippen LogP contribution in [-0.2, 0) is 25.6 Å². The van der Waals surface area contributed by atoms with Gasteiger partial charge < -0.3 is 25.2 Å². The fraction of sp³-hybridized carbons (Fsp3) is 0.368. The predicted octanol–water partition coefficient (Wildman–Crippen LogP) is 0.0640. The molecule has 1 aliphatic rings. The summed E-state index contributed by atoms with van der Waals surface area (Å²) in [6.45, 7) is -2.25. The van der Waals surface area contributed by atoms with Crippen molar-refractivity contribution in [3.05, 3.63) is 42.2 Å². The van der Waals surface area contributed by atoms with Crippen LogP contribution in [0.1, 0.15) is 5.56 Å². The minimum absolute atomic E-state index is 0.0703. The van der Waals surface area contributed by atoms with Crippen molar-refractivity contribution in [3.8, 4) is 5.75 Å². The molecule has 0 amide bonds. The number of ether oxygens (including phenoxy) is 1.